The zero-order chi connectivity index (χ0) is 22.0. The van der Waals surface area contributed by atoms with Crippen molar-refractivity contribution in [2.45, 2.75) is 13.5 Å². The minimum absolute atomic E-state index is 0.179. The van der Waals surface area contributed by atoms with Crippen LogP contribution < -0.4 is 9.64 Å². The molecule has 1 aliphatic heterocycles. The molecule has 0 aliphatic carbocycles. The van der Waals surface area contributed by atoms with Gasteiger partial charge in [0.05, 0.1) is 15.6 Å². The fourth-order valence-electron chi connectivity index (χ4n) is 3.15. The van der Waals surface area contributed by atoms with Crippen LogP contribution in [0.5, 0.6) is 5.75 Å². The summed E-state index contributed by atoms with van der Waals surface area (Å²) < 4.78 is 7.28. The fraction of sp³-hybridized carbons (Fsp3) is 0.0833. The highest BCUT2D eigenvalue weighted by Crippen LogP contribution is 2.38. The van der Waals surface area contributed by atoms with Crippen LogP contribution in [0, 0.1) is 6.92 Å². The average molecular weight is 531 g/mol. The van der Waals surface area contributed by atoms with Gasteiger partial charge in [-0.25, -0.2) is 0 Å². The number of amides is 1. The highest BCUT2D eigenvalue weighted by molar-refractivity contribution is 9.10. The minimum atomic E-state index is -0.179. The van der Waals surface area contributed by atoms with E-state index in [4.69, 9.17) is 28.6 Å². The smallest absolute Gasteiger partial charge is 0.270 e. The van der Waals surface area contributed by atoms with Gasteiger partial charge in [-0.1, -0.05) is 83.6 Å². The van der Waals surface area contributed by atoms with E-state index in [0.717, 1.165) is 15.6 Å². The zero-order valence-corrected chi connectivity index (χ0v) is 20.4. The summed E-state index contributed by atoms with van der Waals surface area (Å²) in [5, 5.41) is 0.519. The van der Waals surface area contributed by atoms with Crippen molar-refractivity contribution in [1.82, 2.24) is 0 Å². The molecule has 0 atom stereocenters. The molecule has 0 saturated carbocycles. The molecular formula is C24H17BrClNO2S2. The first kappa shape index (κ1) is 22.1. The molecular weight excluding hydrogens is 514 g/mol. The van der Waals surface area contributed by atoms with Crippen molar-refractivity contribution in [3.63, 3.8) is 0 Å². The second kappa shape index (κ2) is 9.57. The van der Waals surface area contributed by atoms with Crippen molar-refractivity contribution in [2.75, 3.05) is 4.90 Å². The first-order chi connectivity index (χ1) is 14.9. The third kappa shape index (κ3) is 5.04. The lowest BCUT2D eigenvalue weighted by atomic mass is 10.1. The van der Waals surface area contributed by atoms with E-state index in [1.165, 1.54) is 22.2 Å². The van der Waals surface area contributed by atoms with Crippen LogP contribution in [0.3, 0.4) is 0 Å². The minimum Gasteiger partial charge on any atom is -0.488 e. The second-order valence-electron chi connectivity index (χ2n) is 6.93. The van der Waals surface area contributed by atoms with Crippen LogP contribution in [-0.4, -0.2) is 10.2 Å². The molecule has 3 nitrogen and oxygen atoms in total. The largest absolute Gasteiger partial charge is 0.488 e. The zero-order valence-electron chi connectivity index (χ0n) is 16.5. The molecule has 156 valence electrons. The van der Waals surface area contributed by atoms with Gasteiger partial charge in [0, 0.05) is 10.0 Å². The number of halogens is 2. The maximum absolute atomic E-state index is 13.1. The SMILES string of the molecule is Cc1cccc(COc2ccccc2/C=C2/SC(=S)N(c3ccc(Br)c(Cl)c3)C2=O)c1. The molecule has 1 amide bonds. The molecule has 7 heteroatoms. The van der Waals surface area contributed by atoms with Crippen LogP contribution in [0.2, 0.25) is 5.02 Å². The summed E-state index contributed by atoms with van der Waals surface area (Å²) in [5.41, 5.74) is 3.74. The Bertz CT molecular complexity index is 1210. The second-order valence-corrected chi connectivity index (χ2v) is 9.87. The third-order valence-corrected chi connectivity index (χ3v) is 7.17. The molecule has 0 unspecified atom stereocenters. The standard InChI is InChI=1S/C24H17BrClNO2S2/c1-15-5-4-6-16(11-15)14-29-21-8-3-2-7-17(21)12-22-23(28)27(24(30)31-22)18-9-10-19(25)20(26)13-18/h2-13H,14H2,1H3/b22-12+. The summed E-state index contributed by atoms with van der Waals surface area (Å²) in [6.07, 6.45) is 1.82. The maximum Gasteiger partial charge on any atom is 0.270 e. The summed E-state index contributed by atoms with van der Waals surface area (Å²) in [5.74, 6) is 0.530. The van der Waals surface area contributed by atoms with Gasteiger partial charge >= 0.3 is 0 Å². The van der Waals surface area contributed by atoms with Crippen molar-refractivity contribution in [3.8, 4) is 5.75 Å². The third-order valence-electron chi connectivity index (χ3n) is 4.64. The van der Waals surface area contributed by atoms with Gasteiger partial charge in [-0.3, -0.25) is 9.69 Å². The van der Waals surface area contributed by atoms with Crippen LogP contribution in [0.25, 0.3) is 6.08 Å². The number of thiocarbonyl (C=S) groups is 1. The molecule has 31 heavy (non-hydrogen) atoms. The van der Waals surface area contributed by atoms with Crippen molar-refractivity contribution in [3.05, 3.63) is 97.8 Å². The van der Waals surface area contributed by atoms with Crippen molar-refractivity contribution < 1.29 is 9.53 Å². The van der Waals surface area contributed by atoms with Gasteiger partial charge in [-0.2, -0.15) is 0 Å². The first-order valence-corrected chi connectivity index (χ1v) is 11.8. The van der Waals surface area contributed by atoms with E-state index in [9.17, 15) is 4.79 Å². The Morgan fingerprint density at radius 3 is 2.71 bits per heavy atom. The number of anilines is 1. The Labute approximate surface area is 204 Å². The Kier molecular flexibility index (Phi) is 6.82. The number of benzene rings is 3. The normalized spacial score (nSPS) is 15.1. The predicted molar refractivity (Wildman–Crippen MR) is 137 cm³/mol. The molecule has 0 spiro atoms. The van der Waals surface area contributed by atoms with Gasteiger partial charge in [0.25, 0.3) is 5.91 Å². The lowest BCUT2D eigenvalue weighted by Gasteiger charge is -2.15. The van der Waals surface area contributed by atoms with Gasteiger partial charge in [0.15, 0.2) is 4.32 Å². The Hall–Kier alpha value is -2.12. The number of carbonyl (C=O) groups excluding carboxylic acids is 1. The van der Waals surface area contributed by atoms with E-state index in [2.05, 4.69) is 35.0 Å². The van der Waals surface area contributed by atoms with Gasteiger partial charge in [0.2, 0.25) is 0 Å². The summed E-state index contributed by atoms with van der Waals surface area (Å²) >= 11 is 16.3. The van der Waals surface area contributed by atoms with Gasteiger partial charge < -0.3 is 4.74 Å². The predicted octanol–water partition coefficient (Wildman–Crippen LogP) is 7.40. The average Bonchev–Trinajstić information content (AvgIpc) is 3.02. The molecule has 4 rings (SSSR count). The van der Waals surface area contributed by atoms with Crippen LogP contribution in [0.1, 0.15) is 16.7 Å². The number of hydrogen-bond acceptors (Lipinski definition) is 4. The topological polar surface area (TPSA) is 29.5 Å². The fourth-order valence-corrected chi connectivity index (χ4v) is 4.86. The van der Waals surface area contributed by atoms with Crippen molar-refractivity contribution in [2.24, 2.45) is 0 Å². The molecule has 0 aromatic heterocycles. The molecule has 0 bridgehead atoms. The summed E-state index contributed by atoms with van der Waals surface area (Å²) in [6, 6.07) is 21.2. The Morgan fingerprint density at radius 2 is 1.94 bits per heavy atom. The van der Waals surface area contributed by atoms with E-state index in [0.29, 0.717) is 32.3 Å². The molecule has 3 aromatic rings. The Balaban J connectivity index is 1.58. The molecule has 1 heterocycles. The summed E-state index contributed by atoms with van der Waals surface area (Å²) in [7, 11) is 0. The lowest BCUT2D eigenvalue weighted by Crippen LogP contribution is -2.27. The molecule has 0 N–H and O–H groups in total. The number of para-hydroxylation sites is 1. The van der Waals surface area contributed by atoms with Crippen LogP contribution in [-0.2, 0) is 11.4 Å². The molecule has 3 aromatic carbocycles. The van der Waals surface area contributed by atoms with Crippen LogP contribution in [0.4, 0.5) is 5.69 Å². The number of hydrogen-bond donors (Lipinski definition) is 0. The van der Waals surface area contributed by atoms with Crippen molar-refractivity contribution >= 4 is 73.5 Å². The van der Waals surface area contributed by atoms with Gasteiger partial charge in [-0.15, -0.1) is 0 Å². The first-order valence-electron chi connectivity index (χ1n) is 9.43. The maximum atomic E-state index is 13.1. The number of ether oxygens (including phenoxy) is 1. The molecule has 1 aliphatic rings. The van der Waals surface area contributed by atoms with Crippen molar-refractivity contribution in [1.29, 1.82) is 0 Å². The highest BCUT2D eigenvalue weighted by atomic mass is 79.9. The monoisotopic (exact) mass is 529 g/mol. The number of aryl methyl sites for hydroxylation is 1. The van der Waals surface area contributed by atoms with Gasteiger partial charge in [-0.05, 0) is 58.8 Å². The van der Waals surface area contributed by atoms with E-state index in [1.54, 1.807) is 12.1 Å². The number of thioether (sulfide) groups is 1. The van der Waals surface area contributed by atoms with E-state index < -0.39 is 0 Å². The Morgan fingerprint density at radius 1 is 1.13 bits per heavy atom. The number of rotatable bonds is 5. The number of nitrogens with zero attached hydrogens (tertiary/aromatic N) is 1. The summed E-state index contributed by atoms with van der Waals surface area (Å²) in [4.78, 5) is 15.1. The molecule has 1 fully saturated rings. The number of carbonyl (C=O) groups is 1. The quantitative estimate of drug-likeness (QED) is 0.254. The van der Waals surface area contributed by atoms with E-state index in [1.807, 2.05) is 48.5 Å². The molecule has 1 saturated heterocycles. The molecule has 0 radical (unpaired) electrons. The van der Waals surface area contributed by atoms with Crippen LogP contribution >= 0.6 is 51.5 Å². The van der Waals surface area contributed by atoms with E-state index >= 15 is 0 Å². The van der Waals surface area contributed by atoms with Gasteiger partial charge in [0.1, 0.15) is 12.4 Å². The van der Waals surface area contributed by atoms with E-state index in [-0.39, 0.29) is 5.91 Å². The van der Waals surface area contributed by atoms with Crippen LogP contribution in [0.15, 0.2) is 76.1 Å². The highest BCUT2D eigenvalue weighted by Gasteiger charge is 2.33. The summed E-state index contributed by atoms with van der Waals surface area (Å²) in [6.45, 7) is 2.50. The lowest BCUT2D eigenvalue weighted by molar-refractivity contribution is -0.113.